The van der Waals surface area contributed by atoms with Crippen LogP contribution in [0, 0.1) is 0 Å². The van der Waals surface area contributed by atoms with Crippen LogP contribution in [-0.4, -0.2) is 40.7 Å². The topological polar surface area (TPSA) is 58.6 Å². The average Bonchev–Trinajstić information content (AvgIpc) is 2.14. The molecule has 5 heteroatoms. The number of carbonyl (C=O) groups is 1. The summed E-state index contributed by atoms with van der Waals surface area (Å²) in [4.78, 5) is 11.5. The number of aliphatic hydroxyl groups is 1. The minimum atomic E-state index is -0.799. The van der Waals surface area contributed by atoms with E-state index < -0.39 is 9.93 Å². The molecule has 0 spiro atoms. The minimum Gasteiger partial charge on any atom is -0.388 e. The van der Waals surface area contributed by atoms with Crippen molar-refractivity contribution < 1.29 is 14.6 Å². The van der Waals surface area contributed by atoms with Crippen LogP contribution < -0.4 is 5.32 Å². The Balaban J connectivity index is 2.38. The number of hydrogen-bond donors (Lipinski definition) is 2. The molecule has 1 rings (SSSR count). The van der Waals surface area contributed by atoms with Gasteiger partial charge in [0.2, 0.25) is 5.91 Å². The van der Waals surface area contributed by atoms with Crippen LogP contribution in [0.1, 0.15) is 26.7 Å². The molecule has 0 atom stereocenters. The van der Waals surface area contributed by atoms with Crippen LogP contribution in [0.2, 0.25) is 0 Å². The molecule has 0 bridgehead atoms. The largest absolute Gasteiger partial charge is 0.388 e. The van der Waals surface area contributed by atoms with Crippen LogP contribution in [0.15, 0.2) is 0 Å². The first-order valence-electron chi connectivity index (χ1n) is 5.11. The van der Waals surface area contributed by atoms with E-state index in [1.54, 1.807) is 13.8 Å². The van der Waals surface area contributed by atoms with Crippen LogP contribution >= 0.6 is 15.9 Å². The molecule has 0 aromatic heterocycles. The van der Waals surface area contributed by atoms with Gasteiger partial charge in [0.15, 0.2) is 0 Å². The van der Waals surface area contributed by atoms with Crippen molar-refractivity contribution >= 4 is 21.8 Å². The standard InChI is InChI=1S/C10H18BrNO3/c1-9(2,11)8(13)12-7-10(14)3-5-15-6-4-10/h14H,3-7H2,1-2H3,(H,12,13). The second-order valence-electron chi connectivity index (χ2n) is 4.49. The molecule has 1 heterocycles. The lowest BCUT2D eigenvalue weighted by atomic mass is 9.94. The first-order chi connectivity index (χ1) is 6.83. The highest BCUT2D eigenvalue weighted by Crippen LogP contribution is 2.20. The van der Waals surface area contributed by atoms with Crippen molar-refractivity contribution in [3.05, 3.63) is 0 Å². The van der Waals surface area contributed by atoms with Crippen LogP contribution in [-0.2, 0) is 9.53 Å². The van der Waals surface area contributed by atoms with Gasteiger partial charge in [0, 0.05) is 32.6 Å². The minimum absolute atomic E-state index is 0.109. The number of nitrogens with one attached hydrogen (secondary N) is 1. The predicted molar refractivity (Wildman–Crippen MR) is 61.0 cm³/mol. The molecule has 0 aromatic rings. The van der Waals surface area contributed by atoms with E-state index in [1.807, 2.05) is 0 Å². The lowest BCUT2D eigenvalue weighted by molar-refractivity contribution is -0.125. The zero-order chi connectivity index (χ0) is 11.5. The maximum atomic E-state index is 11.5. The maximum Gasteiger partial charge on any atom is 0.236 e. The van der Waals surface area contributed by atoms with Crippen LogP contribution in [0.4, 0.5) is 0 Å². The summed E-state index contributed by atoms with van der Waals surface area (Å²) < 4.78 is 4.57. The van der Waals surface area contributed by atoms with E-state index in [9.17, 15) is 9.90 Å². The third kappa shape index (κ3) is 4.09. The number of carbonyl (C=O) groups excluding carboxylic acids is 1. The summed E-state index contributed by atoms with van der Waals surface area (Å²) >= 11 is 3.27. The van der Waals surface area contributed by atoms with Crippen molar-refractivity contribution in [2.75, 3.05) is 19.8 Å². The summed E-state index contributed by atoms with van der Waals surface area (Å²) in [7, 11) is 0. The Morgan fingerprint density at radius 3 is 2.53 bits per heavy atom. The molecule has 0 unspecified atom stereocenters. The number of rotatable bonds is 3. The van der Waals surface area contributed by atoms with Gasteiger partial charge in [-0.15, -0.1) is 0 Å². The third-order valence-electron chi connectivity index (χ3n) is 2.54. The normalized spacial score (nSPS) is 21.1. The monoisotopic (exact) mass is 279 g/mol. The smallest absolute Gasteiger partial charge is 0.236 e. The average molecular weight is 280 g/mol. The van der Waals surface area contributed by atoms with Gasteiger partial charge in [-0.2, -0.15) is 0 Å². The molecular weight excluding hydrogens is 262 g/mol. The first-order valence-corrected chi connectivity index (χ1v) is 5.90. The predicted octanol–water partition coefficient (Wildman–Crippen LogP) is 0.818. The fourth-order valence-corrected chi connectivity index (χ4v) is 1.52. The Labute approximate surface area is 98.5 Å². The molecule has 1 amide bonds. The summed E-state index contributed by atoms with van der Waals surface area (Å²) in [6, 6.07) is 0. The zero-order valence-corrected chi connectivity index (χ0v) is 10.8. The molecule has 0 aliphatic carbocycles. The van der Waals surface area contributed by atoms with Crippen molar-refractivity contribution in [2.24, 2.45) is 0 Å². The molecule has 88 valence electrons. The number of hydrogen-bond acceptors (Lipinski definition) is 3. The molecule has 0 radical (unpaired) electrons. The summed E-state index contributed by atoms with van der Waals surface area (Å²) in [5.74, 6) is -0.109. The highest BCUT2D eigenvalue weighted by Gasteiger charge is 2.32. The lowest BCUT2D eigenvalue weighted by Crippen LogP contribution is -2.49. The van der Waals surface area contributed by atoms with E-state index in [1.165, 1.54) is 0 Å². The molecule has 0 saturated carbocycles. The van der Waals surface area contributed by atoms with Crippen LogP contribution in [0.5, 0.6) is 0 Å². The van der Waals surface area contributed by atoms with E-state index in [2.05, 4.69) is 21.2 Å². The second-order valence-corrected chi connectivity index (χ2v) is 6.47. The van der Waals surface area contributed by atoms with Gasteiger partial charge in [-0.3, -0.25) is 4.79 Å². The molecular formula is C10H18BrNO3. The summed E-state index contributed by atoms with van der Waals surface area (Å²) in [6.07, 6.45) is 1.16. The molecule has 1 fully saturated rings. The SMILES string of the molecule is CC(C)(Br)C(=O)NCC1(O)CCOCC1. The maximum absolute atomic E-state index is 11.5. The van der Waals surface area contributed by atoms with E-state index in [0.717, 1.165) is 0 Å². The summed E-state index contributed by atoms with van der Waals surface area (Å²) in [5.41, 5.74) is -0.799. The zero-order valence-electron chi connectivity index (χ0n) is 9.18. The van der Waals surface area contributed by atoms with Crippen molar-refractivity contribution in [2.45, 2.75) is 36.6 Å². The highest BCUT2D eigenvalue weighted by molar-refractivity contribution is 9.10. The Bertz CT molecular complexity index is 231. The third-order valence-corrected chi connectivity index (χ3v) is 2.90. The number of halogens is 1. The highest BCUT2D eigenvalue weighted by atomic mass is 79.9. The molecule has 1 aliphatic heterocycles. The summed E-state index contributed by atoms with van der Waals surface area (Å²) in [6.45, 7) is 4.96. The van der Waals surface area contributed by atoms with E-state index >= 15 is 0 Å². The van der Waals surface area contributed by atoms with Gasteiger partial charge in [-0.05, 0) is 13.8 Å². The van der Waals surface area contributed by atoms with Gasteiger partial charge in [0.1, 0.15) is 0 Å². The summed E-state index contributed by atoms with van der Waals surface area (Å²) in [5, 5.41) is 12.8. The van der Waals surface area contributed by atoms with Crippen LogP contribution in [0.3, 0.4) is 0 Å². The Morgan fingerprint density at radius 2 is 2.07 bits per heavy atom. The van der Waals surface area contributed by atoms with Gasteiger partial charge < -0.3 is 15.2 Å². The van der Waals surface area contributed by atoms with Crippen molar-refractivity contribution in [1.82, 2.24) is 5.32 Å². The van der Waals surface area contributed by atoms with E-state index in [4.69, 9.17) is 4.74 Å². The van der Waals surface area contributed by atoms with Crippen molar-refractivity contribution in [1.29, 1.82) is 0 Å². The quantitative estimate of drug-likeness (QED) is 0.752. The molecule has 15 heavy (non-hydrogen) atoms. The second kappa shape index (κ2) is 4.80. The van der Waals surface area contributed by atoms with Gasteiger partial charge in [0.25, 0.3) is 0 Å². The van der Waals surface area contributed by atoms with Gasteiger partial charge in [0.05, 0.1) is 9.93 Å². The lowest BCUT2D eigenvalue weighted by Gasteiger charge is -2.32. The van der Waals surface area contributed by atoms with Crippen LogP contribution in [0.25, 0.3) is 0 Å². The fraction of sp³-hybridized carbons (Fsp3) is 0.900. The van der Waals surface area contributed by atoms with Crippen molar-refractivity contribution in [3.8, 4) is 0 Å². The Morgan fingerprint density at radius 1 is 1.53 bits per heavy atom. The van der Waals surface area contributed by atoms with Gasteiger partial charge >= 0.3 is 0 Å². The van der Waals surface area contributed by atoms with Gasteiger partial charge in [-0.1, -0.05) is 15.9 Å². The van der Waals surface area contributed by atoms with Gasteiger partial charge in [-0.25, -0.2) is 0 Å². The molecule has 1 aliphatic rings. The first kappa shape index (κ1) is 12.9. The number of ether oxygens (including phenoxy) is 1. The van der Waals surface area contributed by atoms with E-state index in [-0.39, 0.29) is 5.91 Å². The molecule has 1 saturated heterocycles. The number of amides is 1. The molecule has 2 N–H and O–H groups in total. The molecule has 4 nitrogen and oxygen atoms in total. The van der Waals surface area contributed by atoms with E-state index in [0.29, 0.717) is 32.6 Å². The fourth-order valence-electron chi connectivity index (χ4n) is 1.38. The Kier molecular flexibility index (Phi) is 4.14. The Hall–Kier alpha value is -0.130. The van der Waals surface area contributed by atoms with Crippen molar-refractivity contribution in [3.63, 3.8) is 0 Å². The molecule has 0 aromatic carbocycles. The number of alkyl halides is 1.